The summed E-state index contributed by atoms with van der Waals surface area (Å²) in [4.78, 5) is 0. The minimum atomic E-state index is 0.147. The molecule has 1 fully saturated rings. The highest BCUT2D eigenvalue weighted by molar-refractivity contribution is 7.99. The van der Waals surface area contributed by atoms with Gasteiger partial charge in [0.05, 0.1) is 6.04 Å². The van der Waals surface area contributed by atoms with Gasteiger partial charge in [0.25, 0.3) is 0 Å². The van der Waals surface area contributed by atoms with Crippen molar-refractivity contribution in [2.24, 2.45) is 0 Å². The van der Waals surface area contributed by atoms with E-state index in [0.29, 0.717) is 17.8 Å². The van der Waals surface area contributed by atoms with Crippen LogP contribution in [0.5, 0.6) is 0 Å². The lowest BCUT2D eigenvalue weighted by Crippen LogP contribution is -2.41. The fourth-order valence-corrected chi connectivity index (χ4v) is 3.79. The molecule has 0 radical (unpaired) electrons. The van der Waals surface area contributed by atoms with E-state index in [1.54, 1.807) is 0 Å². The van der Waals surface area contributed by atoms with E-state index in [4.69, 9.17) is 4.42 Å². The van der Waals surface area contributed by atoms with E-state index < -0.39 is 0 Å². The van der Waals surface area contributed by atoms with Crippen LogP contribution < -0.4 is 5.32 Å². The van der Waals surface area contributed by atoms with Crippen LogP contribution in [-0.2, 0) is 0 Å². The molecule has 1 aliphatic carbocycles. The quantitative estimate of drug-likeness (QED) is 0.890. The summed E-state index contributed by atoms with van der Waals surface area (Å²) in [6.07, 6.45) is 5.28. The van der Waals surface area contributed by atoms with E-state index in [9.17, 15) is 0 Å². The van der Waals surface area contributed by atoms with Gasteiger partial charge in [-0.3, -0.25) is 0 Å². The lowest BCUT2D eigenvalue weighted by Gasteiger charge is -2.33. The Labute approximate surface area is 113 Å². The van der Waals surface area contributed by atoms with Crippen molar-refractivity contribution < 1.29 is 4.42 Å². The molecule has 2 rings (SSSR count). The number of rotatable bonds is 5. The van der Waals surface area contributed by atoms with E-state index in [1.165, 1.54) is 31.4 Å². The lowest BCUT2D eigenvalue weighted by molar-refractivity contribution is 0.321. The lowest BCUT2D eigenvalue weighted by atomic mass is 9.94. The molecular formula is C13H23N3OS. The van der Waals surface area contributed by atoms with Crippen molar-refractivity contribution in [3.8, 4) is 0 Å². The van der Waals surface area contributed by atoms with Gasteiger partial charge in [-0.2, -0.15) is 11.8 Å². The smallest absolute Gasteiger partial charge is 0.233 e. The first-order valence-electron chi connectivity index (χ1n) is 6.88. The van der Waals surface area contributed by atoms with Crippen LogP contribution in [0.4, 0.5) is 0 Å². The maximum absolute atomic E-state index is 5.49. The SMILES string of the molecule is CCS[C@@H]1CCCC[C@H]1N[C@@H](C)c1nnc(C)o1. The minimum absolute atomic E-state index is 0.147. The average Bonchev–Trinajstić information content (AvgIpc) is 2.79. The molecule has 1 aliphatic rings. The Hall–Kier alpha value is -0.550. The molecule has 1 saturated carbocycles. The molecule has 1 aromatic heterocycles. The van der Waals surface area contributed by atoms with Crippen LogP contribution in [-0.4, -0.2) is 27.2 Å². The Morgan fingerprint density at radius 1 is 1.39 bits per heavy atom. The van der Waals surface area contributed by atoms with Crippen LogP contribution in [0.1, 0.15) is 57.4 Å². The highest BCUT2D eigenvalue weighted by Crippen LogP contribution is 2.30. The van der Waals surface area contributed by atoms with Crippen LogP contribution >= 0.6 is 11.8 Å². The average molecular weight is 269 g/mol. The molecule has 0 aromatic carbocycles. The maximum Gasteiger partial charge on any atom is 0.233 e. The molecule has 0 bridgehead atoms. The third-order valence-electron chi connectivity index (χ3n) is 3.46. The van der Waals surface area contributed by atoms with Gasteiger partial charge < -0.3 is 9.73 Å². The van der Waals surface area contributed by atoms with Crippen molar-refractivity contribution in [1.82, 2.24) is 15.5 Å². The number of hydrogen-bond acceptors (Lipinski definition) is 5. The first kappa shape index (κ1) is 13.9. The Morgan fingerprint density at radius 2 is 2.17 bits per heavy atom. The maximum atomic E-state index is 5.49. The summed E-state index contributed by atoms with van der Waals surface area (Å²) in [5.74, 6) is 2.54. The van der Waals surface area contributed by atoms with E-state index in [0.717, 1.165) is 5.25 Å². The van der Waals surface area contributed by atoms with E-state index in [2.05, 4.69) is 41.1 Å². The topological polar surface area (TPSA) is 51.0 Å². The summed E-state index contributed by atoms with van der Waals surface area (Å²) in [5.41, 5.74) is 0. The van der Waals surface area contributed by atoms with E-state index in [-0.39, 0.29) is 6.04 Å². The van der Waals surface area contributed by atoms with Gasteiger partial charge in [-0.05, 0) is 25.5 Å². The largest absolute Gasteiger partial charge is 0.424 e. The Morgan fingerprint density at radius 3 is 2.83 bits per heavy atom. The standard InChI is InChI=1S/C13H23N3OS/c1-4-18-12-8-6-5-7-11(12)14-9(2)13-16-15-10(3)17-13/h9,11-12,14H,4-8H2,1-3H3/t9-,11+,12+/m0/s1. The second-order valence-corrected chi connectivity index (χ2v) is 6.45. The van der Waals surface area contributed by atoms with Crippen molar-refractivity contribution in [2.45, 2.75) is 63.8 Å². The summed E-state index contributed by atoms with van der Waals surface area (Å²) in [5, 5.41) is 12.4. The molecule has 5 heteroatoms. The van der Waals surface area contributed by atoms with Gasteiger partial charge >= 0.3 is 0 Å². The van der Waals surface area contributed by atoms with Gasteiger partial charge in [-0.1, -0.05) is 19.8 Å². The molecule has 1 N–H and O–H groups in total. The zero-order valence-electron chi connectivity index (χ0n) is 11.5. The molecule has 0 aliphatic heterocycles. The zero-order valence-corrected chi connectivity index (χ0v) is 12.3. The van der Waals surface area contributed by atoms with Gasteiger partial charge in [-0.15, -0.1) is 10.2 Å². The summed E-state index contributed by atoms with van der Waals surface area (Å²) in [6, 6.07) is 0.722. The van der Waals surface area contributed by atoms with Crippen molar-refractivity contribution in [1.29, 1.82) is 0 Å². The summed E-state index contributed by atoms with van der Waals surface area (Å²) in [6.45, 7) is 6.18. The summed E-state index contributed by atoms with van der Waals surface area (Å²) in [7, 11) is 0. The fraction of sp³-hybridized carbons (Fsp3) is 0.846. The van der Waals surface area contributed by atoms with Gasteiger partial charge in [0.15, 0.2) is 0 Å². The third kappa shape index (κ3) is 3.48. The van der Waals surface area contributed by atoms with Crippen LogP contribution in [0.25, 0.3) is 0 Å². The molecule has 18 heavy (non-hydrogen) atoms. The second-order valence-electron chi connectivity index (χ2n) is 4.93. The highest BCUT2D eigenvalue weighted by Gasteiger charge is 2.27. The van der Waals surface area contributed by atoms with Gasteiger partial charge in [-0.25, -0.2) is 0 Å². The summed E-state index contributed by atoms with van der Waals surface area (Å²) >= 11 is 2.07. The van der Waals surface area contributed by atoms with Crippen molar-refractivity contribution >= 4 is 11.8 Å². The van der Waals surface area contributed by atoms with Crippen LogP contribution in [0.2, 0.25) is 0 Å². The van der Waals surface area contributed by atoms with Crippen LogP contribution in [0.15, 0.2) is 4.42 Å². The first-order valence-corrected chi connectivity index (χ1v) is 7.93. The zero-order chi connectivity index (χ0) is 13.0. The van der Waals surface area contributed by atoms with Crippen molar-refractivity contribution in [3.63, 3.8) is 0 Å². The molecule has 0 spiro atoms. The number of nitrogens with zero attached hydrogens (tertiary/aromatic N) is 2. The van der Waals surface area contributed by atoms with Crippen LogP contribution in [0.3, 0.4) is 0 Å². The molecule has 0 unspecified atom stereocenters. The fourth-order valence-electron chi connectivity index (χ4n) is 2.58. The Balaban J connectivity index is 1.93. The molecule has 3 atom stereocenters. The van der Waals surface area contributed by atoms with E-state index in [1.807, 2.05) is 6.92 Å². The minimum Gasteiger partial charge on any atom is -0.424 e. The molecule has 1 aromatic rings. The monoisotopic (exact) mass is 269 g/mol. The number of nitrogens with one attached hydrogen (secondary N) is 1. The van der Waals surface area contributed by atoms with Gasteiger partial charge in [0, 0.05) is 18.2 Å². The normalized spacial score (nSPS) is 26.2. The number of aryl methyl sites for hydroxylation is 1. The Kier molecular flexibility index (Phi) is 5.06. The van der Waals surface area contributed by atoms with Crippen molar-refractivity contribution in [2.75, 3.05) is 5.75 Å². The van der Waals surface area contributed by atoms with Crippen molar-refractivity contribution in [3.05, 3.63) is 11.8 Å². The first-order chi connectivity index (χ1) is 8.70. The van der Waals surface area contributed by atoms with E-state index >= 15 is 0 Å². The molecular weight excluding hydrogens is 246 g/mol. The van der Waals surface area contributed by atoms with Gasteiger partial charge in [0.2, 0.25) is 11.8 Å². The second kappa shape index (κ2) is 6.57. The molecule has 1 heterocycles. The van der Waals surface area contributed by atoms with Crippen LogP contribution in [0, 0.1) is 6.92 Å². The van der Waals surface area contributed by atoms with Gasteiger partial charge in [0.1, 0.15) is 0 Å². The number of thioether (sulfide) groups is 1. The summed E-state index contributed by atoms with van der Waals surface area (Å²) < 4.78 is 5.49. The number of aromatic nitrogens is 2. The Bertz CT molecular complexity index is 367. The predicted molar refractivity (Wildman–Crippen MR) is 74.8 cm³/mol. The molecule has 102 valence electrons. The molecule has 0 amide bonds. The molecule has 0 saturated heterocycles. The number of hydrogen-bond donors (Lipinski definition) is 1. The predicted octanol–water partition coefficient (Wildman–Crippen LogP) is 3.09. The highest BCUT2D eigenvalue weighted by atomic mass is 32.2. The third-order valence-corrected chi connectivity index (χ3v) is 4.79. The molecule has 4 nitrogen and oxygen atoms in total.